The minimum atomic E-state index is -3.53. The molecule has 106 valence electrons. The summed E-state index contributed by atoms with van der Waals surface area (Å²) in [4.78, 5) is 12.0. The lowest BCUT2D eigenvalue weighted by Crippen LogP contribution is -2.26. The number of esters is 1. The SMILES string of the molecule is CCCCS(=O)(=O)C(C(=O)OCC)c1ccccc1. The molecule has 0 aliphatic carbocycles. The molecule has 0 fully saturated rings. The molecule has 0 radical (unpaired) electrons. The molecular formula is C14H20O4S. The van der Waals surface area contributed by atoms with Gasteiger partial charge in [0.1, 0.15) is 0 Å². The van der Waals surface area contributed by atoms with Crippen LogP contribution >= 0.6 is 0 Å². The van der Waals surface area contributed by atoms with Gasteiger partial charge in [-0.25, -0.2) is 8.42 Å². The van der Waals surface area contributed by atoms with Crippen molar-refractivity contribution in [1.29, 1.82) is 0 Å². The topological polar surface area (TPSA) is 60.4 Å². The normalized spacial score (nSPS) is 12.9. The summed E-state index contributed by atoms with van der Waals surface area (Å²) < 4.78 is 29.5. The molecule has 4 nitrogen and oxygen atoms in total. The highest BCUT2D eigenvalue weighted by molar-refractivity contribution is 7.92. The van der Waals surface area contributed by atoms with Gasteiger partial charge in [0, 0.05) is 0 Å². The van der Waals surface area contributed by atoms with Gasteiger partial charge in [0.05, 0.1) is 12.4 Å². The zero-order valence-electron chi connectivity index (χ0n) is 11.3. The molecule has 0 amide bonds. The van der Waals surface area contributed by atoms with Crippen molar-refractivity contribution < 1.29 is 17.9 Å². The van der Waals surface area contributed by atoms with Crippen molar-refractivity contribution in [2.75, 3.05) is 12.4 Å². The molecular weight excluding hydrogens is 264 g/mol. The van der Waals surface area contributed by atoms with Crippen LogP contribution < -0.4 is 0 Å². The van der Waals surface area contributed by atoms with Gasteiger partial charge in [-0.2, -0.15) is 0 Å². The highest BCUT2D eigenvalue weighted by atomic mass is 32.2. The molecule has 1 atom stereocenters. The Morgan fingerprint density at radius 3 is 2.37 bits per heavy atom. The lowest BCUT2D eigenvalue weighted by molar-refractivity contribution is -0.142. The Morgan fingerprint density at radius 2 is 1.84 bits per heavy atom. The molecule has 0 heterocycles. The van der Waals surface area contributed by atoms with E-state index in [1.165, 1.54) is 0 Å². The first-order valence-corrected chi connectivity index (χ1v) is 8.17. The van der Waals surface area contributed by atoms with Crippen LogP contribution in [-0.2, 0) is 19.4 Å². The Hall–Kier alpha value is -1.36. The third kappa shape index (κ3) is 4.35. The van der Waals surface area contributed by atoms with Crippen LogP contribution in [0.15, 0.2) is 30.3 Å². The van der Waals surface area contributed by atoms with Crippen LogP contribution in [0.3, 0.4) is 0 Å². The summed E-state index contributed by atoms with van der Waals surface area (Å²) in [6, 6.07) is 8.51. The molecule has 0 aliphatic heterocycles. The quantitative estimate of drug-likeness (QED) is 0.722. The Labute approximate surface area is 114 Å². The molecule has 0 saturated heterocycles. The summed E-state index contributed by atoms with van der Waals surface area (Å²) in [5.41, 5.74) is 0.469. The molecule has 0 spiro atoms. The second-order valence-corrected chi connectivity index (χ2v) is 6.47. The lowest BCUT2D eigenvalue weighted by Gasteiger charge is -2.16. The second kappa shape index (κ2) is 7.28. The molecule has 1 aromatic carbocycles. The Bertz CT molecular complexity index is 493. The number of hydrogen-bond acceptors (Lipinski definition) is 4. The standard InChI is InChI=1S/C14H20O4S/c1-3-5-11-19(16,17)13(14(15)18-4-2)12-9-7-6-8-10-12/h6-10,13H,3-5,11H2,1-2H3. The van der Waals surface area contributed by atoms with Crippen LogP contribution in [0.4, 0.5) is 0 Å². The Morgan fingerprint density at radius 1 is 1.21 bits per heavy atom. The van der Waals surface area contributed by atoms with Gasteiger partial charge in [0.25, 0.3) is 0 Å². The van der Waals surface area contributed by atoms with Gasteiger partial charge in [-0.1, -0.05) is 43.7 Å². The van der Waals surface area contributed by atoms with Gasteiger partial charge in [-0.15, -0.1) is 0 Å². The second-order valence-electron chi connectivity index (χ2n) is 4.26. The third-order valence-electron chi connectivity index (χ3n) is 2.74. The van der Waals surface area contributed by atoms with Gasteiger partial charge in [-0.3, -0.25) is 4.79 Å². The molecule has 0 saturated carbocycles. The van der Waals surface area contributed by atoms with Crippen LogP contribution in [-0.4, -0.2) is 26.7 Å². The van der Waals surface area contributed by atoms with Crippen LogP contribution in [0.1, 0.15) is 37.5 Å². The number of ether oxygens (including phenoxy) is 1. The van der Waals surface area contributed by atoms with E-state index in [2.05, 4.69) is 0 Å². The van der Waals surface area contributed by atoms with E-state index in [1.54, 1.807) is 37.3 Å². The first-order chi connectivity index (χ1) is 9.03. The smallest absolute Gasteiger partial charge is 0.328 e. The Kier molecular flexibility index (Phi) is 6.02. The van der Waals surface area contributed by atoms with E-state index >= 15 is 0 Å². The fourth-order valence-corrected chi connectivity index (χ4v) is 3.66. The summed E-state index contributed by atoms with van der Waals surface area (Å²) in [6.45, 7) is 3.75. The van der Waals surface area contributed by atoms with Gasteiger partial charge in [-0.05, 0) is 18.9 Å². The summed E-state index contributed by atoms with van der Waals surface area (Å²) in [5, 5.41) is -1.21. The number of carbonyl (C=O) groups excluding carboxylic acids is 1. The predicted octanol–water partition coefficient (Wildman–Crippen LogP) is 2.51. The largest absolute Gasteiger partial charge is 0.465 e. The number of hydrogen-bond donors (Lipinski definition) is 0. The van der Waals surface area contributed by atoms with Crippen molar-refractivity contribution in [3.05, 3.63) is 35.9 Å². The molecule has 0 N–H and O–H groups in total. The summed E-state index contributed by atoms with van der Waals surface area (Å²) in [6.07, 6.45) is 1.31. The van der Waals surface area contributed by atoms with E-state index in [9.17, 15) is 13.2 Å². The van der Waals surface area contributed by atoms with Crippen molar-refractivity contribution in [3.63, 3.8) is 0 Å². The first kappa shape index (κ1) is 15.7. The molecule has 1 rings (SSSR count). The molecule has 19 heavy (non-hydrogen) atoms. The van der Waals surface area contributed by atoms with Gasteiger partial charge in [0.2, 0.25) is 0 Å². The lowest BCUT2D eigenvalue weighted by atomic mass is 10.1. The van der Waals surface area contributed by atoms with E-state index in [-0.39, 0.29) is 12.4 Å². The maximum absolute atomic E-state index is 12.3. The average molecular weight is 284 g/mol. The maximum Gasteiger partial charge on any atom is 0.328 e. The monoisotopic (exact) mass is 284 g/mol. The highest BCUT2D eigenvalue weighted by Crippen LogP contribution is 2.25. The number of benzene rings is 1. The zero-order valence-corrected chi connectivity index (χ0v) is 12.2. The van der Waals surface area contributed by atoms with Crippen LogP contribution in [0, 0.1) is 0 Å². The van der Waals surface area contributed by atoms with E-state index in [0.29, 0.717) is 12.0 Å². The summed E-state index contributed by atoms with van der Waals surface area (Å²) in [5.74, 6) is -0.688. The van der Waals surface area contributed by atoms with Crippen molar-refractivity contribution >= 4 is 15.8 Å². The Balaban J connectivity index is 3.10. The van der Waals surface area contributed by atoms with E-state index < -0.39 is 21.1 Å². The zero-order chi connectivity index (χ0) is 14.3. The van der Waals surface area contributed by atoms with Crippen LogP contribution in [0.25, 0.3) is 0 Å². The summed E-state index contributed by atoms with van der Waals surface area (Å²) in [7, 11) is -3.53. The predicted molar refractivity (Wildman–Crippen MR) is 74.5 cm³/mol. The van der Waals surface area contributed by atoms with Crippen molar-refractivity contribution in [1.82, 2.24) is 0 Å². The molecule has 1 unspecified atom stereocenters. The molecule has 0 aliphatic rings. The van der Waals surface area contributed by atoms with Crippen molar-refractivity contribution in [2.45, 2.75) is 31.9 Å². The average Bonchev–Trinajstić information content (AvgIpc) is 2.38. The first-order valence-electron chi connectivity index (χ1n) is 6.46. The van der Waals surface area contributed by atoms with Crippen LogP contribution in [0.2, 0.25) is 0 Å². The van der Waals surface area contributed by atoms with Crippen molar-refractivity contribution in [3.8, 4) is 0 Å². The van der Waals surface area contributed by atoms with Gasteiger partial charge in [0.15, 0.2) is 15.1 Å². The molecule has 0 bridgehead atoms. The minimum absolute atomic E-state index is 0.00186. The van der Waals surface area contributed by atoms with E-state index in [4.69, 9.17) is 4.74 Å². The minimum Gasteiger partial charge on any atom is -0.465 e. The van der Waals surface area contributed by atoms with Crippen LogP contribution in [0.5, 0.6) is 0 Å². The summed E-state index contributed by atoms with van der Waals surface area (Å²) >= 11 is 0. The number of sulfone groups is 1. The van der Waals surface area contributed by atoms with Crippen molar-refractivity contribution in [2.24, 2.45) is 0 Å². The van der Waals surface area contributed by atoms with Gasteiger partial charge >= 0.3 is 5.97 Å². The maximum atomic E-state index is 12.3. The number of carbonyl (C=O) groups is 1. The third-order valence-corrected chi connectivity index (χ3v) is 4.79. The highest BCUT2D eigenvalue weighted by Gasteiger charge is 2.34. The fourth-order valence-electron chi connectivity index (χ4n) is 1.80. The number of unbranched alkanes of at least 4 members (excludes halogenated alkanes) is 1. The fraction of sp³-hybridized carbons (Fsp3) is 0.500. The molecule has 5 heteroatoms. The van der Waals surface area contributed by atoms with Gasteiger partial charge < -0.3 is 4.74 Å². The van der Waals surface area contributed by atoms with E-state index in [0.717, 1.165) is 6.42 Å². The number of rotatable bonds is 7. The van der Waals surface area contributed by atoms with E-state index in [1.807, 2.05) is 6.92 Å². The molecule has 1 aromatic rings. The molecule has 0 aromatic heterocycles.